The fraction of sp³-hybridized carbons (Fsp3) is 0.556. The van der Waals surface area contributed by atoms with E-state index >= 15 is 0 Å². The largest absolute Gasteiger partial charge is 0.494 e. The van der Waals surface area contributed by atoms with Gasteiger partial charge in [0.25, 0.3) is 0 Å². The predicted octanol–water partition coefficient (Wildman–Crippen LogP) is 4.90. The summed E-state index contributed by atoms with van der Waals surface area (Å²) < 4.78 is 9.93. The van der Waals surface area contributed by atoms with Gasteiger partial charge in [-0.15, -0.1) is 0 Å². The van der Waals surface area contributed by atoms with Gasteiger partial charge in [-0.1, -0.05) is 63.2 Å². The minimum absolute atomic E-state index is 0.810. The Kier molecular flexibility index (Phi) is 14.3. The first-order chi connectivity index (χ1) is 10.3. The van der Waals surface area contributed by atoms with Crippen LogP contribution in [0.15, 0.2) is 30.8 Å². The van der Waals surface area contributed by atoms with E-state index in [1.54, 1.807) is 14.2 Å². The number of benzene rings is 1. The minimum atomic E-state index is 0.810. The standard InChI is InChI=1S/C16H23BO.C2H6O/c1-2-15-9-11-16(12-10-15)18-14-8-6-4-3-5-7-13-17;1-3-2/h2,9-12H,1,3-8,13-14H2;1-2H3. The fourth-order valence-electron chi connectivity index (χ4n) is 1.84. The summed E-state index contributed by atoms with van der Waals surface area (Å²) in [7, 11) is 8.70. The molecule has 0 unspecified atom stereocenters. The second-order valence-electron chi connectivity index (χ2n) is 4.94. The van der Waals surface area contributed by atoms with Crippen molar-refractivity contribution in [3.05, 3.63) is 36.4 Å². The summed E-state index contributed by atoms with van der Waals surface area (Å²) in [5, 5.41) is 0. The Morgan fingerprint density at radius 3 is 2.00 bits per heavy atom. The maximum atomic E-state index is 5.68. The molecule has 1 aromatic rings. The Hall–Kier alpha value is -1.22. The molecule has 2 radical (unpaired) electrons. The van der Waals surface area contributed by atoms with Crippen molar-refractivity contribution in [1.29, 1.82) is 0 Å². The molecule has 0 heterocycles. The number of hydrogen-bond donors (Lipinski definition) is 0. The lowest BCUT2D eigenvalue weighted by atomic mass is 9.98. The number of unbranched alkanes of at least 4 members (excludes halogenated alkanes) is 5. The van der Waals surface area contributed by atoms with Crippen LogP contribution >= 0.6 is 0 Å². The van der Waals surface area contributed by atoms with Crippen molar-refractivity contribution in [3.8, 4) is 5.75 Å². The summed E-state index contributed by atoms with van der Waals surface area (Å²) in [5.74, 6) is 0.948. The van der Waals surface area contributed by atoms with E-state index in [1.807, 2.05) is 30.3 Å². The highest BCUT2D eigenvalue weighted by Crippen LogP contribution is 2.13. The molecule has 0 aliphatic heterocycles. The molecule has 0 aliphatic rings. The summed E-state index contributed by atoms with van der Waals surface area (Å²) in [6.45, 7) is 4.54. The van der Waals surface area contributed by atoms with Crippen LogP contribution < -0.4 is 4.74 Å². The molecule has 0 saturated carbocycles. The third-order valence-electron chi connectivity index (χ3n) is 2.98. The molecular weight excluding hydrogens is 259 g/mol. The first-order valence-electron chi connectivity index (χ1n) is 7.74. The predicted molar refractivity (Wildman–Crippen MR) is 93.2 cm³/mol. The van der Waals surface area contributed by atoms with Crippen LogP contribution in [0.5, 0.6) is 5.75 Å². The van der Waals surface area contributed by atoms with Crippen molar-refractivity contribution < 1.29 is 9.47 Å². The van der Waals surface area contributed by atoms with Crippen LogP contribution in [0.4, 0.5) is 0 Å². The highest BCUT2D eigenvalue weighted by molar-refractivity contribution is 6.08. The van der Waals surface area contributed by atoms with Gasteiger partial charge in [0, 0.05) is 14.2 Å². The number of rotatable bonds is 10. The second kappa shape index (κ2) is 15.2. The topological polar surface area (TPSA) is 18.5 Å². The van der Waals surface area contributed by atoms with E-state index in [0.717, 1.165) is 37.1 Å². The van der Waals surface area contributed by atoms with Crippen LogP contribution in [0, 0.1) is 0 Å². The maximum Gasteiger partial charge on any atom is 0.119 e. The molecule has 0 amide bonds. The van der Waals surface area contributed by atoms with Crippen LogP contribution in [0.1, 0.15) is 44.1 Å². The zero-order valence-corrected chi connectivity index (χ0v) is 13.6. The van der Waals surface area contributed by atoms with Crippen molar-refractivity contribution in [1.82, 2.24) is 0 Å². The molecule has 21 heavy (non-hydrogen) atoms. The van der Waals surface area contributed by atoms with E-state index in [1.165, 1.54) is 25.7 Å². The van der Waals surface area contributed by atoms with Crippen molar-refractivity contribution in [3.63, 3.8) is 0 Å². The third-order valence-corrected chi connectivity index (χ3v) is 2.98. The summed E-state index contributed by atoms with van der Waals surface area (Å²) in [6, 6.07) is 8.04. The molecule has 0 fully saturated rings. The SMILES string of the molecule is COC.[B]CCCCCCCCOc1ccc(C=C)cc1. The smallest absolute Gasteiger partial charge is 0.119 e. The van der Waals surface area contributed by atoms with Gasteiger partial charge in [0.2, 0.25) is 0 Å². The fourth-order valence-corrected chi connectivity index (χ4v) is 1.84. The van der Waals surface area contributed by atoms with Gasteiger partial charge in [-0.3, -0.25) is 0 Å². The van der Waals surface area contributed by atoms with Crippen LogP contribution in [-0.4, -0.2) is 28.7 Å². The summed E-state index contributed by atoms with van der Waals surface area (Å²) in [6.07, 6.45) is 10.0. The lowest BCUT2D eigenvalue weighted by Gasteiger charge is -2.06. The number of ether oxygens (including phenoxy) is 2. The van der Waals surface area contributed by atoms with Gasteiger partial charge >= 0.3 is 0 Å². The molecule has 116 valence electrons. The Morgan fingerprint density at radius 2 is 1.48 bits per heavy atom. The first-order valence-corrected chi connectivity index (χ1v) is 7.74. The summed E-state index contributed by atoms with van der Waals surface area (Å²) in [5.41, 5.74) is 1.13. The van der Waals surface area contributed by atoms with Gasteiger partial charge in [-0.05, 0) is 24.1 Å². The lowest BCUT2D eigenvalue weighted by Crippen LogP contribution is -1.97. The molecule has 1 rings (SSSR count). The zero-order valence-electron chi connectivity index (χ0n) is 13.6. The van der Waals surface area contributed by atoms with E-state index in [-0.39, 0.29) is 0 Å². The molecule has 0 spiro atoms. The average molecular weight is 288 g/mol. The van der Waals surface area contributed by atoms with E-state index in [9.17, 15) is 0 Å². The minimum Gasteiger partial charge on any atom is -0.494 e. The molecule has 0 bridgehead atoms. The highest BCUT2D eigenvalue weighted by Gasteiger charge is 1.94. The van der Waals surface area contributed by atoms with Gasteiger partial charge in [0.15, 0.2) is 0 Å². The van der Waals surface area contributed by atoms with Crippen molar-refractivity contribution in [2.45, 2.75) is 44.8 Å². The molecule has 0 N–H and O–H groups in total. The highest BCUT2D eigenvalue weighted by atomic mass is 16.5. The number of methoxy groups -OCH3 is 1. The quantitative estimate of drug-likeness (QED) is 0.450. The first kappa shape index (κ1) is 19.8. The lowest BCUT2D eigenvalue weighted by molar-refractivity contribution is 0.277. The van der Waals surface area contributed by atoms with Crippen LogP contribution in [-0.2, 0) is 4.74 Å². The van der Waals surface area contributed by atoms with Gasteiger partial charge in [0.05, 0.1) is 14.5 Å². The monoisotopic (exact) mass is 288 g/mol. The third kappa shape index (κ3) is 12.3. The van der Waals surface area contributed by atoms with Crippen LogP contribution in [0.2, 0.25) is 6.32 Å². The van der Waals surface area contributed by atoms with E-state index in [4.69, 9.17) is 12.6 Å². The normalized spacial score (nSPS) is 9.62. The average Bonchev–Trinajstić information content (AvgIpc) is 2.51. The van der Waals surface area contributed by atoms with Gasteiger partial charge < -0.3 is 9.47 Å². The van der Waals surface area contributed by atoms with Crippen molar-refractivity contribution in [2.75, 3.05) is 20.8 Å². The summed E-state index contributed by atoms with van der Waals surface area (Å²) >= 11 is 0. The second-order valence-corrected chi connectivity index (χ2v) is 4.94. The molecule has 0 aliphatic carbocycles. The number of hydrogen-bond acceptors (Lipinski definition) is 2. The molecule has 2 nitrogen and oxygen atoms in total. The Labute approximate surface area is 132 Å². The van der Waals surface area contributed by atoms with Gasteiger partial charge in [0.1, 0.15) is 5.75 Å². The van der Waals surface area contributed by atoms with E-state index in [0.29, 0.717) is 0 Å². The maximum absolute atomic E-state index is 5.68. The zero-order chi connectivity index (χ0) is 15.8. The van der Waals surface area contributed by atoms with Crippen molar-refractivity contribution >= 4 is 13.9 Å². The van der Waals surface area contributed by atoms with Crippen LogP contribution in [0.3, 0.4) is 0 Å². The molecule has 1 aromatic carbocycles. The Balaban J connectivity index is 0.00000122. The van der Waals surface area contributed by atoms with Gasteiger partial charge in [-0.25, -0.2) is 0 Å². The molecule has 3 heteroatoms. The summed E-state index contributed by atoms with van der Waals surface area (Å²) in [4.78, 5) is 0. The Bertz CT molecular complexity index is 336. The Morgan fingerprint density at radius 1 is 0.952 bits per heavy atom. The van der Waals surface area contributed by atoms with Crippen LogP contribution in [0.25, 0.3) is 6.08 Å². The van der Waals surface area contributed by atoms with Gasteiger partial charge in [-0.2, -0.15) is 0 Å². The van der Waals surface area contributed by atoms with E-state index in [2.05, 4.69) is 11.3 Å². The van der Waals surface area contributed by atoms with Crippen molar-refractivity contribution in [2.24, 2.45) is 0 Å². The molecular formula is C18H29BO2. The van der Waals surface area contributed by atoms with E-state index < -0.39 is 0 Å². The molecule has 0 aromatic heterocycles. The molecule has 0 saturated heterocycles. The molecule has 0 atom stereocenters.